The molecule has 0 heterocycles. The second kappa shape index (κ2) is 8.02. The van der Waals surface area contributed by atoms with Crippen molar-refractivity contribution in [1.82, 2.24) is 10.2 Å². The quantitative estimate of drug-likeness (QED) is 0.732. The average Bonchev–Trinajstić information content (AvgIpc) is 2.45. The summed E-state index contributed by atoms with van der Waals surface area (Å²) in [7, 11) is 7.46. The van der Waals surface area contributed by atoms with Crippen molar-refractivity contribution >= 4 is 0 Å². The largest absolute Gasteiger partial charge is 0.493 e. The van der Waals surface area contributed by atoms with Crippen molar-refractivity contribution in [3.63, 3.8) is 0 Å². The minimum absolute atomic E-state index is 0.358. The fourth-order valence-corrected chi connectivity index (χ4v) is 2.07. The minimum Gasteiger partial charge on any atom is -0.493 e. The van der Waals surface area contributed by atoms with E-state index < -0.39 is 0 Å². The minimum atomic E-state index is 0.358. The number of ether oxygens (including phenoxy) is 2. The van der Waals surface area contributed by atoms with Gasteiger partial charge in [0.2, 0.25) is 0 Å². The molecule has 4 nitrogen and oxygen atoms in total. The first kappa shape index (κ1) is 15.8. The molecule has 0 amide bonds. The van der Waals surface area contributed by atoms with Gasteiger partial charge in [-0.05, 0) is 58.2 Å². The lowest BCUT2D eigenvalue weighted by atomic mass is 10.1. The van der Waals surface area contributed by atoms with Crippen LogP contribution >= 0.6 is 0 Å². The molecule has 0 aliphatic heterocycles. The molecular formula is C15H26N2O2. The Morgan fingerprint density at radius 2 is 1.89 bits per heavy atom. The molecule has 0 aromatic heterocycles. The number of hydrogen-bond donors (Lipinski definition) is 1. The molecular weight excluding hydrogens is 240 g/mol. The molecule has 1 atom stereocenters. The van der Waals surface area contributed by atoms with Crippen molar-refractivity contribution in [3.8, 4) is 11.5 Å². The van der Waals surface area contributed by atoms with E-state index in [0.29, 0.717) is 6.04 Å². The van der Waals surface area contributed by atoms with Crippen LogP contribution in [0.25, 0.3) is 0 Å². The van der Waals surface area contributed by atoms with Crippen LogP contribution in [0.3, 0.4) is 0 Å². The normalized spacial score (nSPS) is 12.5. The van der Waals surface area contributed by atoms with Crippen LogP contribution in [0.5, 0.6) is 11.5 Å². The van der Waals surface area contributed by atoms with Gasteiger partial charge in [-0.15, -0.1) is 0 Å². The monoisotopic (exact) mass is 266 g/mol. The Labute approximate surface area is 116 Å². The number of nitrogens with zero attached hydrogens (tertiary/aromatic N) is 1. The lowest BCUT2D eigenvalue weighted by Gasteiger charge is -2.25. The Morgan fingerprint density at radius 1 is 1.21 bits per heavy atom. The fourth-order valence-electron chi connectivity index (χ4n) is 2.07. The van der Waals surface area contributed by atoms with Gasteiger partial charge >= 0.3 is 0 Å². The van der Waals surface area contributed by atoms with Gasteiger partial charge in [0.1, 0.15) is 0 Å². The summed E-state index contributed by atoms with van der Waals surface area (Å²) < 4.78 is 10.6. The Hall–Kier alpha value is -1.26. The summed E-state index contributed by atoms with van der Waals surface area (Å²) >= 11 is 0. The highest BCUT2D eigenvalue weighted by atomic mass is 16.5. The summed E-state index contributed by atoms with van der Waals surface area (Å²) in [5.74, 6) is 1.56. The predicted octanol–water partition coefficient (Wildman–Crippen LogP) is 2.31. The maximum atomic E-state index is 5.35. The third-order valence-corrected chi connectivity index (χ3v) is 3.49. The van der Waals surface area contributed by atoms with E-state index in [4.69, 9.17) is 9.47 Å². The summed E-state index contributed by atoms with van der Waals surface area (Å²) in [6, 6.07) is 6.47. The standard InChI is InChI=1S/C15H26N2O2/c1-12(17(3)10-6-9-16-2)13-7-8-14(18-4)15(11-13)19-5/h7-8,11-12,16H,6,9-10H2,1-5H3. The second-order valence-corrected chi connectivity index (χ2v) is 4.73. The Bertz CT molecular complexity index is 382. The zero-order valence-electron chi connectivity index (χ0n) is 12.7. The first-order valence-corrected chi connectivity index (χ1v) is 6.70. The molecule has 1 unspecified atom stereocenters. The number of methoxy groups -OCH3 is 2. The van der Waals surface area contributed by atoms with Crippen molar-refractivity contribution in [2.45, 2.75) is 19.4 Å². The number of nitrogens with one attached hydrogen (secondary N) is 1. The van der Waals surface area contributed by atoms with Crippen LogP contribution in [0, 0.1) is 0 Å². The van der Waals surface area contributed by atoms with E-state index in [2.05, 4.69) is 36.3 Å². The third-order valence-electron chi connectivity index (χ3n) is 3.49. The van der Waals surface area contributed by atoms with Crippen LogP contribution < -0.4 is 14.8 Å². The molecule has 1 aromatic rings. The zero-order chi connectivity index (χ0) is 14.3. The topological polar surface area (TPSA) is 33.7 Å². The third kappa shape index (κ3) is 4.40. The molecule has 0 saturated heterocycles. The summed E-state index contributed by atoms with van der Waals surface area (Å²) in [6.45, 7) is 4.32. The molecule has 0 spiro atoms. The van der Waals surface area contributed by atoms with Gasteiger partial charge in [-0.3, -0.25) is 4.90 Å². The molecule has 0 saturated carbocycles. The van der Waals surface area contributed by atoms with Crippen molar-refractivity contribution in [2.24, 2.45) is 0 Å². The van der Waals surface area contributed by atoms with Gasteiger partial charge in [-0.25, -0.2) is 0 Å². The summed E-state index contributed by atoms with van der Waals surface area (Å²) in [4.78, 5) is 2.35. The van der Waals surface area contributed by atoms with Gasteiger partial charge in [0.15, 0.2) is 11.5 Å². The summed E-state index contributed by atoms with van der Waals surface area (Å²) in [5, 5.41) is 3.17. The van der Waals surface area contributed by atoms with E-state index in [1.54, 1.807) is 14.2 Å². The summed E-state index contributed by atoms with van der Waals surface area (Å²) in [5.41, 5.74) is 1.24. The van der Waals surface area contributed by atoms with E-state index in [9.17, 15) is 0 Å². The fraction of sp³-hybridized carbons (Fsp3) is 0.600. The molecule has 19 heavy (non-hydrogen) atoms. The van der Waals surface area contributed by atoms with Crippen LogP contribution in [0.4, 0.5) is 0 Å². The number of benzene rings is 1. The highest BCUT2D eigenvalue weighted by Gasteiger charge is 2.13. The maximum Gasteiger partial charge on any atom is 0.161 e. The molecule has 0 aliphatic rings. The predicted molar refractivity (Wildman–Crippen MR) is 79.1 cm³/mol. The van der Waals surface area contributed by atoms with E-state index in [1.165, 1.54) is 5.56 Å². The maximum absolute atomic E-state index is 5.35. The molecule has 0 bridgehead atoms. The first-order chi connectivity index (χ1) is 9.13. The molecule has 0 radical (unpaired) electrons. The van der Waals surface area contributed by atoms with Crippen molar-refractivity contribution < 1.29 is 9.47 Å². The molecule has 1 rings (SSSR count). The zero-order valence-corrected chi connectivity index (χ0v) is 12.7. The van der Waals surface area contributed by atoms with Crippen LogP contribution in [-0.4, -0.2) is 46.3 Å². The van der Waals surface area contributed by atoms with E-state index in [0.717, 1.165) is 31.0 Å². The summed E-state index contributed by atoms with van der Waals surface area (Å²) in [6.07, 6.45) is 1.14. The Balaban J connectivity index is 2.73. The van der Waals surface area contributed by atoms with Gasteiger partial charge in [0, 0.05) is 6.04 Å². The lowest BCUT2D eigenvalue weighted by molar-refractivity contribution is 0.257. The van der Waals surface area contributed by atoms with Crippen LogP contribution in [0.2, 0.25) is 0 Å². The second-order valence-electron chi connectivity index (χ2n) is 4.73. The van der Waals surface area contributed by atoms with E-state index in [-0.39, 0.29) is 0 Å². The van der Waals surface area contributed by atoms with Gasteiger partial charge in [0.25, 0.3) is 0 Å². The van der Waals surface area contributed by atoms with Crippen molar-refractivity contribution in [1.29, 1.82) is 0 Å². The Kier molecular flexibility index (Phi) is 6.67. The molecule has 108 valence electrons. The number of hydrogen-bond acceptors (Lipinski definition) is 4. The Morgan fingerprint density at radius 3 is 2.47 bits per heavy atom. The van der Waals surface area contributed by atoms with Gasteiger partial charge in [0.05, 0.1) is 14.2 Å². The van der Waals surface area contributed by atoms with Crippen molar-refractivity contribution in [3.05, 3.63) is 23.8 Å². The first-order valence-electron chi connectivity index (χ1n) is 6.70. The van der Waals surface area contributed by atoms with E-state index in [1.807, 2.05) is 13.1 Å². The van der Waals surface area contributed by atoms with Crippen LogP contribution in [-0.2, 0) is 0 Å². The average molecular weight is 266 g/mol. The van der Waals surface area contributed by atoms with Gasteiger partial charge < -0.3 is 14.8 Å². The van der Waals surface area contributed by atoms with Gasteiger partial charge in [-0.1, -0.05) is 6.07 Å². The number of rotatable bonds is 8. The smallest absolute Gasteiger partial charge is 0.161 e. The molecule has 1 N–H and O–H groups in total. The molecule has 0 fully saturated rings. The highest BCUT2D eigenvalue weighted by Crippen LogP contribution is 2.31. The molecule has 1 aromatic carbocycles. The van der Waals surface area contributed by atoms with Crippen molar-refractivity contribution in [2.75, 3.05) is 41.4 Å². The van der Waals surface area contributed by atoms with Crippen LogP contribution in [0.15, 0.2) is 18.2 Å². The highest BCUT2D eigenvalue weighted by molar-refractivity contribution is 5.43. The van der Waals surface area contributed by atoms with E-state index >= 15 is 0 Å². The molecule has 0 aliphatic carbocycles. The SMILES string of the molecule is CNCCCN(C)C(C)c1ccc(OC)c(OC)c1. The molecule has 4 heteroatoms. The van der Waals surface area contributed by atoms with Gasteiger partial charge in [-0.2, -0.15) is 0 Å². The van der Waals surface area contributed by atoms with Crippen LogP contribution in [0.1, 0.15) is 24.9 Å². The lowest BCUT2D eigenvalue weighted by Crippen LogP contribution is -2.25.